The van der Waals surface area contributed by atoms with Crippen LogP contribution >= 0.6 is 0 Å². The van der Waals surface area contributed by atoms with Crippen molar-refractivity contribution in [2.24, 2.45) is 0 Å². The molecule has 9 heteroatoms. The summed E-state index contributed by atoms with van der Waals surface area (Å²) in [5, 5.41) is 10.7. The van der Waals surface area contributed by atoms with Crippen LogP contribution in [0.15, 0.2) is 18.2 Å². The van der Waals surface area contributed by atoms with Gasteiger partial charge in [0.2, 0.25) is 0 Å². The van der Waals surface area contributed by atoms with Crippen LogP contribution in [0.4, 0.5) is 24.5 Å². The summed E-state index contributed by atoms with van der Waals surface area (Å²) in [5.74, 6) is -1.11. The van der Waals surface area contributed by atoms with Gasteiger partial charge in [0.25, 0.3) is 11.6 Å². The number of nitrogen functional groups attached to an aromatic ring is 1. The first-order valence-electron chi connectivity index (χ1n) is 4.98. The molecule has 0 aliphatic rings. The van der Waals surface area contributed by atoms with Crippen LogP contribution in [0.3, 0.4) is 0 Å². The number of halogens is 3. The molecule has 1 amide bonds. The Morgan fingerprint density at radius 2 is 2.05 bits per heavy atom. The zero-order valence-electron chi connectivity index (χ0n) is 9.77. The fourth-order valence-electron chi connectivity index (χ4n) is 1.43. The van der Waals surface area contributed by atoms with Gasteiger partial charge in [0.15, 0.2) is 0 Å². The molecule has 1 rings (SSSR count). The zero-order valence-corrected chi connectivity index (χ0v) is 9.77. The van der Waals surface area contributed by atoms with E-state index < -0.39 is 34.8 Å². The van der Waals surface area contributed by atoms with Crippen LogP contribution in [0.1, 0.15) is 10.4 Å². The number of nitro groups is 1. The first kappa shape index (κ1) is 14.7. The third-order valence-electron chi connectivity index (χ3n) is 2.21. The molecule has 0 bridgehead atoms. The van der Waals surface area contributed by atoms with E-state index in [4.69, 9.17) is 5.73 Å². The minimum absolute atomic E-state index is 0.0503. The first-order chi connectivity index (χ1) is 8.61. The molecule has 6 nitrogen and oxygen atoms in total. The maximum absolute atomic E-state index is 12.2. The predicted octanol–water partition coefficient (Wildman–Crippen LogP) is 1.81. The van der Waals surface area contributed by atoms with Crippen molar-refractivity contribution in [3.8, 4) is 0 Å². The number of alkyl halides is 3. The van der Waals surface area contributed by atoms with Gasteiger partial charge in [-0.2, -0.15) is 13.2 Å². The Balaban J connectivity index is 3.11. The molecule has 0 spiro atoms. The Kier molecular flexibility index (Phi) is 3.98. The third kappa shape index (κ3) is 3.83. The van der Waals surface area contributed by atoms with Crippen molar-refractivity contribution in [2.45, 2.75) is 6.18 Å². The molecule has 1 aromatic rings. The summed E-state index contributed by atoms with van der Waals surface area (Å²) in [7, 11) is 0.905. The molecular weight excluding hydrogens is 267 g/mol. The van der Waals surface area contributed by atoms with Crippen molar-refractivity contribution in [3.63, 3.8) is 0 Å². The number of carbonyl (C=O) groups excluding carboxylic acids is 1. The van der Waals surface area contributed by atoms with E-state index in [0.717, 1.165) is 19.2 Å². The van der Waals surface area contributed by atoms with Crippen LogP contribution in [0.5, 0.6) is 0 Å². The largest absolute Gasteiger partial charge is 0.406 e. The lowest BCUT2D eigenvalue weighted by Crippen LogP contribution is -2.36. The van der Waals surface area contributed by atoms with E-state index in [-0.39, 0.29) is 5.69 Å². The van der Waals surface area contributed by atoms with Crippen molar-refractivity contribution in [2.75, 3.05) is 19.3 Å². The molecule has 0 unspecified atom stereocenters. The molecule has 0 saturated heterocycles. The normalized spacial score (nSPS) is 11.2. The van der Waals surface area contributed by atoms with Crippen LogP contribution in [0.2, 0.25) is 0 Å². The number of amides is 1. The smallest absolute Gasteiger partial charge is 0.399 e. The highest BCUT2D eigenvalue weighted by molar-refractivity contribution is 5.98. The minimum Gasteiger partial charge on any atom is -0.399 e. The van der Waals surface area contributed by atoms with E-state index in [0.29, 0.717) is 4.90 Å². The molecule has 0 aliphatic heterocycles. The van der Waals surface area contributed by atoms with E-state index in [1.54, 1.807) is 0 Å². The van der Waals surface area contributed by atoms with Gasteiger partial charge in [0.05, 0.1) is 4.92 Å². The number of anilines is 1. The molecule has 0 aliphatic carbocycles. The van der Waals surface area contributed by atoms with E-state index in [1.165, 1.54) is 6.07 Å². The van der Waals surface area contributed by atoms with Gasteiger partial charge in [0, 0.05) is 18.8 Å². The van der Waals surface area contributed by atoms with Gasteiger partial charge in [-0.05, 0) is 12.1 Å². The standard InChI is InChI=1S/C10H10F3N3O3/c1-15(5-10(11,12)13)9(17)7-4-6(14)2-3-8(7)16(18)19/h2-4H,5,14H2,1H3. The molecule has 0 fully saturated rings. The second-order valence-electron chi connectivity index (χ2n) is 3.81. The molecule has 0 saturated carbocycles. The number of rotatable bonds is 3. The number of carbonyl (C=O) groups is 1. The maximum atomic E-state index is 12.2. The SMILES string of the molecule is CN(CC(F)(F)F)C(=O)c1cc(N)ccc1[N+](=O)[O-]. The summed E-state index contributed by atoms with van der Waals surface area (Å²) >= 11 is 0. The van der Waals surface area contributed by atoms with Gasteiger partial charge in [-0.25, -0.2) is 0 Å². The molecular formula is C10H10F3N3O3. The molecule has 0 atom stereocenters. The van der Waals surface area contributed by atoms with E-state index in [9.17, 15) is 28.1 Å². The quantitative estimate of drug-likeness (QED) is 0.518. The third-order valence-corrected chi connectivity index (χ3v) is 2.21. The number of nitrogens with zero attached hydrogens (tertiary/aromatic N) is 2. The summed E-state index contributed by atoms with van der Waals surface area (Å²) in [6.07, 6.45) is -4.58. The number of benzene rings is 1. The number of hydrogen-bond donors (Lipinski definition) is 1. The summed E-state index contributed by atoms with van der Waals surface area (Å²) in [4.78, 5) is 22.0. The van der Waals surface area contributed by atoms with Crippen molar-refractivity contribution in [1.29, 1.82) is 0 Å². The maximum Gasteiger partial charge on any atom is 0.406 e. The van der Waals surface area contributed by atoms with E-state index >= 15 is 0 Å². The molecule has 1 aromatic carbocycles. The highest BCUT2D eigenvalue weighted by Gasteiger charge is 2.33. The highest BCUT2D eigenvalue weighted by Crippen LogP contribution is 2.24. The monoisotopic (exact) mass is 277 g/mol. The van der Waals surface area contributed by atoms with Crippen LogP contribution in [0, 0.1) is 10.1 Å². The zero-order chi connectivity index (χ0) is 14.8. The molecule has 0 aromatic heterocycles. The van der Waals surface area contributed by atoms with Crippen molar-refractivity contribution < 1.29 is 22.9 Å². The lowest BCUT2D eigenvalue weighted by atomic mass is 10.1. The summed E-state index contributed by atoms with van der Waals surface area (Å²) in [6.45, 7) is -1.50. The average Bonchev–Trinajstić information content (AvgIpc) is 2.25. The fourth-order valence-corrected chi connectivity index (χ4v) is 1.43. The van der Waals surface area contributed by atoms with Crippen molar-refractivity contribution >= 4 is 17.3 Å². The van der Waals surface area contributed by atoms with E-state index in [2.05, 4.69) is 0 Å². The number of nitro benzene ring substituents is 1. The fraction of sp³-hybridized carbons (Fsp3) is 0.300. The van der Waals surface area contributed by atoms with Gasteiger partial charge in [0.1, 0.15) is 12.1 Å². The first-order valence-corrected chi connectivity index (χ1v) is 4.98. The molecule has 104 valence electrons. The van der Waals surface area contributed by atoms with Crippen LogP contribution in [-0.4, -0.2) is 35.5 Å². The van der Waals surface area contributed by atoms with E-state index in [1.807, 2.05) is 0 Å². The summed E-state index contributed by atoms with van der Waals surface area (Å²) < 4.78 is 36.5. The van der Waals surface area contributed by atoms with Crippen LogP contribution in [-0.2, 0) is 0 Å². The van der Waals surface area contributed by atoms with Crippen molar-refractivity contribution in [1.82, 2.24) is 4.90 Å². The van der Waals surface area contributed by atoms with Crippen LogP contribution < -0.4 is 5.73 Å². The molecule has 19 heavy (non-hydrogen) atoms. The molecule has 2 N–H and O–H groups in total. The van der Waals surface area contributed by atoms with Gasteiger partial charge >= 0.3 is 6.18 Å². The summed E-state index contributed by atoms with van der Waals surface area (Å²) in [5.41, 5.74) is 4.36. The Hall–Kier alpha value is -2.32. The Bertz CT molecular complexity index is 516. The van der Waals surface area contributed by atoms with Gasteiger partial charge in [-0.15, -0.1) is 0 Å². The van der Waals surface area contributed by atoms with Crippen LogP contribution in [0.25, 0.3) is 0 Å². The number of hydrogen-bond acceptors (Lipinski definition) is 4. The predicted molar refractivity (Wildman–Crippen MR) is 60.5 cm³/mol. The topological polar surface area (TPSA) is 89.5 Å². The summed E-state index contributed by atoms with van der Waals surface area (Å²) in [6, 6.07) is 3.15. The Morgan fingerprint density at radius 3 is 2.53 bits per heavy atom. The minimum atomic E-state index is -4.58. The second kappa shape index (κ2) is 5.12. The lowest BCUT2D eigenvalue weighted by molar-refractivity contribution is -0.385. The number of nitrogens with two attached hydrogens (primary N) is 1. The van der Waals surface area contributed by atoms with Gasteiger partial charge in [-0.1, -0.05) is 0 Å². The lowest BCUT2D eigenvalue weighted by Gasteiger charge is -2.18. The molecule has 0 radical (unpaired) electrons. The Morgan fingerprint density at radius 1 is 1.47 bits per heavy atom. The highest BCUT2D eigenvalue weighted by atomic mass is 19.4. The Labute approximate surface area is 105 Å². The second-order valence-corrected chi connectivity index (χ2v) is 3.81. The average molecular weight is 277 g/mol. The van der Waals surface area contributed by atoms with Crippen molar-refractivity contribution in [3.05, 3.63) is 33.9 Å². The van der Waals surface area contributed by atoms with Gasteiger partial charge < -0.3 is 10.6 Å². The molecule has 0 heterocycles. The van der Waals surface area contributed by atoms with Gasteiger partial charge in [-0.3, -0.25) is 14.9 Å².